The van der Waals surface area contributed by atoms with E-state index in [4.69, 9.17) is 11.6 Å². The summed E-state index contributed by atoms with van der Waals surface area (Å²) < 4.78 is 27.3. The number of carbonyl (C=O) groups is 1. The Hall–Kier alpha value is -0.760. The Morgan fingerprint density at radius 1 is 1.15 bits per heavy atom. The maximum Gasteiger partial charge on any atom is 0.251 e. The summed E-state index contributed by atoms with van der Waals surface area (Å²) in [4.78, 5) is 12.5. The van der Waals surface area contributed by atoms with Gasteiger partial charge >= 0.3 is 0 Å². The van der Waals surface area contributed by atoms with Gasteiger partial charge in [0.25, 0.3) is 5.91 Å². The molecule has 1 aromatic rings. The van der Waals surface area contributed by atoms with Gasteiger partial charge in [0.05, 0.1) is 5.02 Å². The highest BCUT2D eigenvalue weighted by Crippen LogP contribution is 2.29. The Bertz CT molecular complexity index is 758. The number of nitrogens with one attached hydrogen (secondary N) is 1. The van der Waals surface area contributed by atoms with Crippen LogP contribution in [0.15, 0.2) is 23.1 Å². The number of halogens is 1. The van der Waals surface area contributed by atoms with E-state index in [1.165, 1.54) is 42.1 Å². The van der Waals surface area contributed by atoms with Crippen LogP contribution in [-0.4, -0.2) is 49.3 Å². The molecular formula is C19H27ClN2O3S2. The van der Waals surface area contributed by atoms with E-state index in [1.54, 1.807) is 6.07 Å². The molecule has 150 valence electrons. The zero-order chi connectivity index (χ0) is 19.3. The van der Waals surface area contributed by atoms with Crippen LogP contribution in [0.1, 0.15) is 55.3 Å². The van der Waals surface area contributed by atoms with Gasteiger partial charge in [0, 0.05) is 36.2 Å². The summed E-state index contributed by atoms with van der Waals surface area (Å²) in [5.41, 5.74) is 0.334. The van der Waals surface area contributed by atoms with Crippen LogP contribution in [-0.2, 0) is 10.0 Å². The Morgan fingerprint density at radius 2 is 1.85 bits per heavy atom. The SMILES string of the molecule is O=C(NCCSC1CCCC1)c1ccc(Cl)c(S(=O)(=O)N2CCCCC2)c1. The molecule has 0 atom stereocenters. The molecule has 0 aromatic heterocycles. The van der Waals surface area contributed by atoms with Crippen LogP contribution >= 0.6 is 23.4 Å². The molecule has 1 amide bonds. The average molecular weight is 431 g/mol. The summed E-state index contributed by atoms with van der Waals surface area (Å²) in [7, 11) is -3.67. The average Bonchev–Trinajstić information content (AvgIpc) is 3.19. The molecule has 1 aromatic carbocycles. The number of hydrogen-bond acceptors (Lipinski definition) is 4. The van der Waals surface area contributed by atoms with Crippen LogP contribution < -0.4 is 5.32 Å². The van der Waals surface area contributed by atoms with Gasteiger partial charge in [-0.25, -0.2) is 8.42 Å². The van der Waals surface area contributed by atoms with Gasteiger partial charge < -0.3 is 5.32 Å². The summed E-state index contributed by atoms with van der Waals surface area (Å²) in [5.74, 6) is 0.622. The van der Waals surface area contributed by atoms with Crippen LogP contribution in [0.4, 0.5) is 0 Å². The van der Waals surface area contributed by atoms with E-state index in [1.807, 2.05) is 11.8 Å². The first-order chi connectivity index (χ1) is 13.0. The highest BCUT2D eigenvalue weighted by molar-refractivity contribution is 7.99. The van der Waals surface area contributed by atoms with E-state index in [0.717, 1.165) is 30.3 Å². The fourth-order valence-electron chi connectivity index (χ4n) is 3.63. The predicted molar refractivity (Wildman–Crippen MR) is 111 cm³/mol. The Balaban J connectivity index is 1.62. The first kappa shape index (κ1) is 21.0. The van der Waals surface area contributed by atoms with E-state index < -0.39 is 10.0 Å². The molecule has 1 aliphatic carbocycles. The minimum absolute atomic E-state index is 0.0269. The molecule has 3 rings (SSSR count). The molecule has 0 radical (unpaired) electrons. The largest absolute Gasteiger partial charge is 0.351 e. The molecule has 1 saturated carbocycles. The fraction of sp³-hybridized carbons (Fsp3) is 0.632. The summed E-state index contributed by atoms with van der Waals surface area (Å²) in [6.45, 7) is 1.60. The van der Waals surface area contributed by atoms with Gasteiger partial charge in [-0.15, -0.1) is 0 Å². The lowest BCUT2D eigenvalue weighted by Crippen LogP contribution is -2.36. The summed E-state index contributed by atoms with van der Waals surface area (Å²) >= 11 is 8.07. The molecule has 0 unspecified atom stereocenters. The standard InChI is InChI=1S/C19H27ClN2O3S2/c20-17-9-8-15(19(23)21-10-13-26-16-6-2-3-7-16)14-18(17)27(24,25)22-11-4-1-5-12-22/h8-9,14,16H,1-7,10-13H2,(H,21,23). The Kier molecular flexibility index (Phi) is 7.48. The van der Waals surface area contributed by atoms with Crippen molar-refractivity contribution in [3.8, 4) is 0 Å². The smallest absolute Gasteiger partial charge is 0.251 e. The fourth-order valence-corrected chi connectivity index (χ4v) is 6.87. The maximum absolute atomic E-state index is 12.9. The molecule has 1 N–H and O–H groups in total. The number of thioether (sulfide) groups is 1. The molecule has 0 spiro atoms. The van der Waals surface area contributed by atoms with Crippen molar-refractivity contribution in [3.63, 3.8) is 0 Å². The van der Waals surface area contributed by atoms with Gasteiger partial charge in [-0.2, -0.15) is 16.1 Å². The normalized spacial score (nSPS) is 19.3. The Labute approximate surface area is 171 Å². The second-order valence-electron chi connectivity index (χ2n) is 7.14. The number of carbonyl (C=O) groups excluding carboxylic acids is 1. The Morgan fingerprint density at radius 3 is 2.56 bits per heavy atom. The zero-order valence-electron chi connectivity index (χ0n) is 15.5. The number of sulfonamides is 1. The quantitative estimate of drug-likeness (QED) is 0.665. The third-order valence-electron chi connectivity index (χ3n) is 5.17. The summed E-state index contributed by atoms with van der Waals surface area (Å²) in [5, 5.41) is 3.77. The first-order valence-electron chi connectivity index (χ1n) is 9.68. The minimum atomic E-state index is -3.67. The van der Waals surface area contributed by atoms with Crippen LogP contribution in [0.2, 0.25) is 5.02 Å². The van der Waals surface area contributed by atoms with Gasteiger partial charge in [-0.1, -0.05) is 30.9 Å². The molecule has 1 heterocycles. The monoisotopic (exact) mass is 430 g/mol. The number of amides is 1. The number of rotatable bonds is 7. The lowest BCUT2D eigenvalue weighted by Gasteiger charge is -2.26. The van der Waals surface area contributed by atoms with E-state index in [9.17, 15) is 13.2 Å². The van der Waals surface area contributed by atoms with Crippen LogP contribution in [0.25, 0.3) is 0 Å². The predicted octanol–water partition coefficient (Wildman–Crippen LogP) is 3.92. The van der Waals surface area contributed by atoms with E-state index in [-0.39, 0.29) is 15.8 Å². The van der Waals surface area contributed by atoms with Crippen molar-refractivity contribution in [2.24, 2.45) is 0 Å². The van der Waals surface area contributed by atoms with Crippen molar-refractivity contribution in [1.29, 1.82) is 0 Å². The van der Waals surface area contributed by atoms with Crippen molar-refractivity contribution in [2.75, 3.05) is 25.4 Å². The number of benzene rings is 1. The summed E-state index contributed by atoms with van der Waals surface area (Å²) in [6, 6.07) is 4.49. The van der Waals surface area contributed by atoms with Crippen molar-refractivity contribution in [1.82, 2.24) is 9.62 Å². The summed E-state index contributed by atoms with van der Waals surface area (Å²) in [6.07, 6.45) is 7.92. The van der Waals surface area contributed by atoms with E-state index >= 15 is 0 Å². The molecule has 5 nitrogen and oxygen atoms in total. The highest BCUT2D eigenvalue weighted by Gasteiger charge is 2.28. The van der Waals surface area contributed by atoms with Crippen molar-refractivity contribution >= 4 is 39.3 Å². The molecule has 2 fully saturated rings. The minimum Gasteiger partial charge on any atom is -0.351 e. The third-order valence-corrected chi connectivity index (χ3v) is 8.93. The van der Waals surface area contributed by atoms with Gasteiger partial charge in [0.1, 0.15) is 4.90 Å². The molecule has 1 aliphatic heterocycles. The third kappa shape index (κ3) is 5.40. The molecule has 0 bridgehead atoms. The lowest BCUT2D eigenvalue weighted by molar-refractivity contribution is 0.0956. The van der Waals surface area contributed by atoms with Crippen LogP contribution in [0, 0.1) is 0 Å². The molecular weight excluding hydrogens is 404 g/mol. The number of piperidine rings is 1. The van der Waals surface area contributed by atoms with E-state index in [0.29, 0.717) is 25.2 Å². The van der Waals surface area contributed by atoms with Crippen molar-refractivity contribution in [3.05, 3.63) is 28.8 Å². The van der Waals surface area contributed by atoms with Gasteiger partial charge in [-0.3, -0.25) is 4.79 Å². The number of hydrogen-bond donors (Lipinski definition) is 1. The van der Waals surface area contributed by atoms with Gasteiger partial charge in [-0.05, 0) is 43.9 Å². The molecule has 27 heavy (non-hydrogen) atoms. The van der Waals surface area contributed by atoms with E-state index in [2.05, 4.69) is 5.32 Å². The van der Waals surface area contributed by atoms with Gasteiger partial charge in [0.2, 0.25) is 10.0 Å². The highest BCUT2D eigenvalue weighted by atomic mass is 35.5. The second kappa shape index (κ2) is 9.63. The molecule has 8 heteroatoms. The van der Waals surface area contributed by atoms with Crippen LogP contribution in [0.5, 0.6) is 0 Å². The molecule has 1 saturated heterocycles. The second-order valence-corrected chi connectivity index (χ2v) is 10.9. The van der Waals surface area contributed by atoms with Crippen molar-refractivity contribution < 1.29 is 13.2 Å². The topological polar surface area (TPSA) is 66.5 Å². The molecule has 2 aliphatic rings. The first-order valence-corrected chi connectivity index (χ1v) is 12.5. The number of nitrogens with zero attached hydrogens (tertiary/aromatic N) is 1. The lowest BCUT2D eigenvalue weighted by atomic mass is 10.2. The zero-order valence-corrected chi connectivity index (χ0v) is 17.8. The van der Waals surface area contributed by atoms with Gasteiger partial charge in [0.15, 0.2) is 0 Å². The van der Waals surface area contributed by atoms with Crippen molar-refractivity contribution in [2.45, 2.75) is 55.1 Å². The maximum atomic E-state index is 12.9. The van der Waals surface area contributed by atoms with Crippen LogP contribution in [0.3, 0.4) is 0 Å².